The minimum absolute atomic E-state index is 0.0542. The van der Waals surface area contributed by atoms with Crippen molar-refractivity contribution >= 4 is 32.4 Å². The van der Waals surface area contributed by atoms with Gasteiger partial charge in [-0.1, -0.05) is 42.5 Å². The summed E-state index contributed by atoms with van der Waals surface area (Å²) in [6.45, 7) is 1.08. The first-order chi connectivity index (χ1) is 16.9. The zero-order valence-electron chi connectivity index (χ0n) is 18.9. The lowest BCUT2D eigenvalue weighted by molar-refractivity contribution is 0.0772. The van der Waals surface area contributed by atoms with Gasteiger partial charge in [0.2, 0.25) is 10.0 Å². The van der Waals surface area contributed by atoms with Crippen molar-refractivity contribution in [2.24, 2.45) is 0 Å². The van der Waals surface area contributed by atoms with Crippen LogP contribution >= 0.6 is 0 Å². The molecule has 1 amide bonds. The molecular formula is C27H24FN3O3S. The van der Waals surface area contributed by atoms with Gasteiger partial charge < -0.3 is 9.88 Å². The van der Waals surface area contributed by atoms with Gasteiger partial charge in [-0.05, 0) is 54.0 Å². The van der Waals surface area contributed by atoms with Gasteiger partial charge in [-0.25, -0.2) is 17.5 Å². The van der Waals surface area contributed by atoms with Crippen molar-refractivity contribution < 1.29 is 17.6 Å². The predicted molar refractivity (Wildman–Crippen MR) is 134 cm³/mol. The number of carbonyl (C=O) groups is 1. The second-order valence-electron chi connectivity index (χ2n) is 8.46. The first-order valence-corrected chi connectivity index (χ1v) is 12.8. The van der Waals surface area contributed by atoms with Crippen molar-refractivity contribution in [3.05, 3.63) is 108 Å². The first-order valence-electron chi connectivity index (χ1n) is 11.3. The van der Waals surface area contributed by atoms with E-state index in [9.17, 15) is 17.6 Å². The summed E-state index contributed by atoms with van der Waals surface area (Å²) >= 11 is 0. The molecular weight excluding hydrogens is 465 g/mol. The lowest BCUT2D eigenvalue weighted by Gasteiger charge is -2.26. The van der Waals surface area contributed by atoms with Gasteiger partial charge in [-0.2, -0.15) is 0 Å². The minimum Gasteiger partial charge on any atom is -0.360 e. The molecule has 0 bridgehead atoms. The second-order valence-corrected chi connectivity index (χ2v) is 10.2. The van der Waals surface area contributed by atoms with E-state index in [-0.39, 0.29) is 23.2 Å². The summed E-state index contributed by atoms with van der Waals surface area (Å²) in [5.74, 6) is -0.513. The number of rotatable bonds is 6. The number of carbonyl (C=O) groups excluding carboxylic acids is 1. The van der Waals surface area contributed by atoms with Gasteiger partial charge in [0.1, 0.15) is 5.82 Å². The molecule has 0 unspecified atom stereocenters. The summed E-state index contributed by atoms with van der Waals surface area (Å²) in [4.78, 5) is 18.0. The Morgan fingerprint density at radius 3 is 2.63 bits per heavy atom. The molecule has 1 aliphatic rings. The monoisotopic (exact) mass is 489 g/mol. The smallest absolute Gasteiger partial charge is 0.254 e. The van der Waals surface area contributed by atoms with E-state index in [2.05, 4.69) is 9.71 Å². The Morgan fingerprint density at radius 2 is 1.86 bits per heavy atom. The predicted octanol–water partition coefficient (Wildman–Crippen LogP) is 4.72. The van der Waals surface area contributed by atoms with E-state index >= 15 is 0 Å². The molecule has 0 radical (unpaired) electrons. The Morgan fingerprint density at radius 1 is 1.03 bits per heavy atom. The van der Waals surface area contributed by atoms with Crippen LogP contribution in [0.2, 0.25) is 0 Å². The summed E-state index contributed by atoms with van der Waals surface area (Å²) in [6.07, 6.45) is 4.51. The summed E-state index contributed by atoms with van der Waals surface area (Å²) in [5.41, 5.74) is 4.00. The fraction of sp³-hybridized carbons (Fsp3) is 0.148. The Balaban J connectivity index is 1.29. The number of sulfonamides is 1. The molecule has 3 aromatic carbocycles. The lowest BCUT2D eigenvalue weighted by Crippen LogP contribution is -2.34. The molecule has 0 spiro atoms. The average molecular weight is 490 g/mol. The number of hydrogen-bond donors (Lipinski definition) is 2. The highest BCUT2D eigenvalue weighted by atomic mass is 32.2. The topological polar surface area (TPSA) is 82.3 Å². The third-order valence-electron chi connectivity index (χ3n) is 6.19. The molecule has 6 nitrogen and oxygen atoms in total. The maximum absolute atomic E-state index is 13.5. The highest BCUT2D eigenvalue weighted by molar-refractivity contribution is 7.89. The molecule has 1 aliphatic heterocycles. The van der Waals surface area contributed by atoms with E-state index < -0.39 is 10.0 Å². The van der Waals surface area contributed by atoms with Gasteiger partial charge in [0.15, 0.2) is 0 Å². The van der Waals surface area contributed by atoms with Crippen LogP contribution in [-0.2, 0) is 16.6 Å². The molecule has 4 aromatic rings. The van der Waals surface area contributed by atoms with Crippen LogP contribution in [0.1, 0.15) is 27.9 Å². The fourth-order valence-corrected chi connectivity index (χ4v) is 5.36. The number of nitrogens with zero attached hydrogens (tertiary/aromatic N) is 1. The van der Waals surface area contributed by atoms with E-state index in [1.54, 1.807) is 23.1 Å². The van der Waals surface area contributed by atoms with Gasteiger partial charge in [0.05, 0.1) is 4.90 Å². The van der Waals surface area contributed by atoms with E-state index in [1.165, 1.54) is 24.3 Å². The van der Waals surface area contributed by atoms with E-state index in [4.69, 9.17) is 0 Å². The van der Waals surface area contributed by atoms with Gasteiger partial charge in [-0.3, -0.25) is 4.79 Å². The Kier molecular flexibility index (Phi) is 6.23. The summed E-state index contributed by atoms with van der Waals surface area (Å²) in [5, 5.41) is 0.943. The molecule has 0 aliphatic carbocycles. The van der Waals surface area contributed by atoms with Crippen LogP contribution in [0.4, 0.5) is 4.39 Å². The van der Waals surface area contributed by atoms with Crippen molar-refractivity contribution in [1.82, 2.24) is 14.6 Å². The van der Waals surface area contributed by atoms with Crippen LogP contribution < -0.4 is 4.72 Å². The van der Waals surface area contributed by atoms with E-state index in [0.29, 0.717) is 25.1 Å². The largest absolute Gasteiger partial charge is 0.360 e. The van der Waals surface area contributed by atoms with Crippen LogP contribution in [0.3, 0.4) is 0 Å². The SMILES string of the molecule is O=C(c1cccc(S(=O)(=O)NCc2ccccc2)c1)N1CC=C(c2c[nH]c3cc(F)ccc23)CC1. The third-order valence-corrected chi connectivity index (χ3v) is 7.59. The standard InChI is InChI=1S/C27H24FN3O3S/c28-22-9-10-24-25(18-29-26(24)16-22)20-11-13-31(14-12-20)27(32)21-7-4-8-23(15-21)35(33,34)30-17-19-5-2-1-3-6-19/h1-11,15-16,18,29-30H,12-14,17H2. The van der Waals surface area contributed by atoms with E-state index in [1.807, 2.05) is 42.6 Å². The number of hydrogen-bond acceptors (Lipinski definition) is 3. The van der Waals surface area contributed by atoms with E-state index in [0.717, 1.165) is 27.6 Å². The molecule has 0 saturated carbocycles. The molecule has 0 atom stereocenters. The van der Waals surface area contributed by atoms with Gasteiger partial charge in [0.25, 0.3) is 5.91 Å². The lowest BCUT2D eigenvalue weighted by atomic mass is 9.98. The van der Waals surface area contributed by atoms with Crippen molar-refractivity contribution in [3.63, 3.8) is 0 Å². The second kappa shape index (κ2) is 9.48. The number of aromatic nitrogens is 1. The number of amides is 1. The summed E-state index contributed by atoms with van der Waals surface area (Å²) in [7, 11) is -3.77. The summed E-state index contributed by atoms with van der Waals surface area (Å²) in [6, 6.07) is 20.0. The maximum Gasteiger partial charge on any atom is 0.254 e. The minimum atomic E-state index is -3.77. The fourth-order valence-electron chi connectivity index (χ4n) is 4.30. The van der Waals surface area contributed by atoms with Gasteiger partial charge in [-0.15, -0.1) is 0 Å². The quantitative estimate of drug-likeness (QED) is 0.411. The van der Waals surface area contributed by atoms with Gasteiger partial charge in [0, 0.05) is 47.9 Å². The number of benzene rings is 3. The number of fused-ring (bicyclic) bond motifs is 1. The van der Waals surface area contributed by atoms with Crippen molar-refractivity contribution in [2.75, 3.05) is 13.1 Å². The third kappa shape index (κ3) is 4.89. The Bertz CT molecular complexity index is 1530. The van der Waals surface area contributed by atoms with Crippen LogP contribution in [-0.4, -0.2) is 37.3 Å². The highest BCUT2D eigenvalue weighted by Gasteiger charge is 2.22. The molecule has 2 N–H and O–H groups in total. The number of halogens is 1. The van der Waals surface area contributed by atoms with Crippen molar-refractivity contribution in [3.8, 4) is 0 Å². The van der Waals surface area contributed by atoms with Crippen molar-refractivity contribution in [1.29, 1.82) is 0 Å². The molecule has 35 heavy (non-hydrogen) atoms. The van der Waals surface area contributed by atoms with Crippen LogP contribution in [0.5, 0.6) is 0 Å². The molecule has 1 aromatic heterocycles. The first kappa shape index (κ1) is 23.0. The average Bonchev–Trinajstić information content (AvgIpc) is 3.31. The number of aromatic amines is 1. The molecule has 0 fully saturated rings. The number of H-pyrrole nitrogens is 1. The van der Waals surface area contributed by atoms with Crippen LogP contribution in [0.15, 0.2) is 90.0 Å². The molecule has 8 heteroatoms. The van der Waals surface area contributed by atoms with Gasteiger partial charge >= 0.3 is 0 Å². The molecule has 0 saturated heterocycles. The highest BCUT2D eigenvalue weighted by Crippen LogP contribution is 2.30. The molecule has 2 heterocycles. The van der Waals surface area contributed by atoms with Crippen LogP contribution in [0.25, 0.3) is 16.5 Å². The zero-order valence-corrected chi connectivity index (χ0v) is 19.7. The zero-order chi connectivity index (χ0) is 24.4. The molecule has 178 valence electrons. The Hall–Kier alpha value is -3.75. The molecule has 5 rings (SSSR count). The summed E-state index contributed by atoms with van der Waals surface area (Å²) < 4.78 is 41.7. The Labute approximate surface area is 203 Å². The van der Waals surface area contributed by atoms with Crippen LogP contribution in [0, 0.1) is 5.82 Å². The van der Waals surface area contributed by atoms with Crippen molar-refractivity contribution in [2.45, 2.75) is 17.9 Å². The number of nitrogens with one attached hydrogen (secondary N) is 2. The maximum atomic E-state index is 13.5. The normalized spacial score (nSPS) is 14.2.